The van der Waals surface area contributed by atoms with Crippen molar-refractivity contribution in [3.63, 3.8) is 0 Å². The molecule has 2 aromatic rings. The minimum atomic E-state index is -0.422. The van der Waals surface area contributed by atoms with Crippen molar-refractivity contribution in [3.8, 4) is 5.75 Å². The van der Waals surface area contributed by atoms with Crippen molar-refractivity contribution in [1.29, 1.82) is 0 Å². The topological polar surface area (TPSA) is 58.6 Å². The third-order valence-corrected chi connectivity index (χ3v) is 5.10. The van der Waals surface area contributed by atoms with E-state index in [4.69, 9.17) is 4.74 Å². The van der Waals surface area contributed by atoms with Gasteiger partial charge < -0.3 is 10.1 Å². The summed E-state index contributed by atoms with van der Waals surface area (Å²) in [4.78, 5) is 26.1. The Morgan fingerprint density at radius 2 is 1.85 bits per heavy atom. The van der Waals surface area contributed by atoms with Crippen LogP contribution in [0.4, 0.5) is 4.79 Å². The van der Waals surface area contributed by atoms with Gasteiger partial charge in [-0.05, 0) is 68.1 Å². The Morgan fingerprint density at radius 1 is 1.15 bits per heavy atom. The molecule has 26 heavy (non-hydrogen) atoms. The average molecular weight is 480 g/mol. The number of nitrogens with zero attached hydrogens (tertiary/aromatic N) is 1. The number of halogens is 2. The number of carbonyl (C=O) groups excluding carboxylic acids is 2. The van der Waals surface area contributed by atoms with E-state index in [0.717, 1.165) is 25.6 Å². The van der Waals surface area contributed by atoms with Crippen molar-refractivity contribution in [2.45, 2.75) is 13.5 Å². The molecule has 1 aliphatic heterocycles. The number of imide groups is 1. The SMILES string of the molecule is COc1c(Br)cc(/C=C2/NC(=O)N(Cc3cccc(C)c3)C2=O)cc1Br. The fourth-order valence-electron chi connectivity index (χ4n) is 2.73. The van der Waals surface area contributed by atoms with E-state index in [1.54, 1.807) is 13.2 Å². The first-order valence-corrected chi connectivity index (χ1v) is 9.40. The predicted molar refractivity (Wildman–Crippen MR) is 107 cm³/mol. The van der Waals surface area contributed by atoms with Gasteiger partial charge >= 0.3 is 6.03 Å². The van der Waals surface area contributed by atoms with Gasteiger partial charge in [0, 0.05) is 0 Å². The first kappa shape index (κ1) is 18.7. The van der Waals surface area contributed by atoms with Crippen LogP contribution in [-0.4, -0.2) is 23.9 Å². The summed E-state index contributed by atoms with van der Waals surface area (Å²) in [7, 11) is 1.58. The van der Waals surface area contributed by atoms with Crippen LogP contribution in [0.25, 0.3) is 6.08 Å². The molecule has 134 valence electrons. The second kappa shape index (κ2) is 7.63. The molecule has 1 saturated heterocycles. The third kappa shape index (κ3) is 3.83. The van der Waals surface area contributed by atoms with E-state index in [2.05, 4.69) is 37.2 Å². The molecular formula is C19H16Br2N2O3. The van der Waals surface area contributed by atoms with Crippen molar-refractivity contribution in [2.24, 2.45) is 0 Å². The molecule has 1 fully saturated rings. The number of hydrogen-bond donors (Lipinski definition) is 1. The van der Waals surface area contributed by atoms with E-state index in [0.29, 0.717) is 5.75 Å². The standard InChI is InChI=1S/C19H16Br2N2O3/c1-11-4-3-5-12(6-11)10-23-18(24)16(22-19(23)25)9-13-7-14(20)17(26-2)15(21)8-13/h3-9H,10H2,1-2H3,(H,22,25)/b16-9+. The van der Waals surface area contributed by atoms with Crippen LogP contribution in [0.3, 0.4) is 0 Å². The molecule has 0 aliphatic carbocycles. The van der Waals surface area contributed by atoms with Crippen LogP contribution in [0.15, 0.2) is 51.0 Å². The molecular weight excluding hydrogens is 464 g/mol. The van der Waals surface area contributed by atoms with Crippen molar-refractivity contribution in [1.82, 2.24) is 10.2 Å². The summed E-state index contributed by atoms with van der Waals surface area (Å²) in [6.07, 6.45) is 1.64. The molecule has 0 saturated carbocycles. The van der Waals surface area contributed by atoms with E-state index in [1.807, 2.05) is 43.3 Å². The fourth-order valence-corrected chi connectivity index (χ4v) is 4.28. The highest BCUT2D eigenvalue weighted by molar-refractivity contribution is 9.11. The highest BCUT2D eigenvalue weighted by Crippen LogP contribution is 2.35. The number of aryl methyl sites for hydroxylation is 1. The average Bonchev–Trinajstić information content (AvgIpc) is 2.82. The summed E-state index contributed by atoms with van der Waals surface area (Å²) in [5, 5.41) is 2.64. The molecule has 5 nitrogen and oxygen atoms in total. The molecule has 0 atom stereocenters. The van der Waals surface area contributed by atoms with Gasteiger partial charge in [-0.25, -0.2) is 4.79 Å². The number of hydrogen-bond acceptors (Lipinski definition) is 3. The van der Waals surface area contributed by atoms with E-state index in [-0.39, 0.29) is 18.1 Å². The molecule has 3 amide bonds. The number of ether oxygens (including phenoxy) is 1. The smallest absolute Gasteiger partial charge is 0.329 e. The van der Waals surface area contributed by atoms with Gasteiger partial charge in [-0.1, -0.05) is 29.8 Å². The van der Waals surface area contributed by atoms with E-state index >= 15 is 0 Å². The van der Waals surface area contributed by atoms with Crippen LogP contribution in [0.2, 0.25) is 0 Å². The molecule has 3 rings (SSSR count). The molecule has 0 unspecified atom stereocenters. The van der Waals surface area contributed by atoms with Gasteiger partial charge in [0.2, 0.25) is 0 Å². The Hall–Kier alpha value is -2.12. The minimum Gasteiger partial charge on any atom is -0.494 e. The lowest BCUT2D eigenvalue weighted by Crippen LogP contribution is -2.30. The van der Waals surface area contributed by atoms with Gasteiger partial charge in [0.25, 0.3) is 5.91 Å². The van der Waals surface area contributed by atoms with Crippen LogP contribution in [0.1, 0.15) is 16.7 Å². The molecule has 0 bridgehead atoms. The van der Waals surface area contributed by atoms with Crippen molar-refractivity contribution in [3.05, 3.63) is 67.7 Å². The largest absolute Gasteiger partial charge is 0.494 e. The number of urea groups is 1. The lowest BCUT2D eigenvalue weighted by molar-refractivity contribution is -0.123. The number of rotatable bonds is 4. The van der Waals surface area contributed by atoms with Gasteiger partial charge in [0.05, 0.1) is 22.6 Å². The summed E-state index contributed by atoms with van der Waals surface area (Å²) in [6.45, 7) is 2.21. The Bertz CT molecular complexity index is 902. The Morgan fingerprint density at radius 3 is 2.46 bits per heavy atom. The van der Waals surface area contributed by atoms with Gasteiger partial charge in [-0.3, -0.25) is 9.69 Å². The number of methoxy groups -OCH3 is 1. The lowest BCUT2D eigenvalue weighted by atomic mass is 10.1. The maximum absolute atomic E-state index is 12.6. The van der Waals surface area contributed by atoms with E-state index in [1.165, 1.54) is 4.90 Å². The zero-order valence-corrected chi connectivity index (χ0v) is 17.3. The molecule has 0 aromatic heterocycles. The van der Waals surface area contributed by atoms with Gasteiger partial charge in [0.1, 0.15) is 11.4 Å². The second-order valence-corrected chi connectivity index (χ2v) is 7.59. The first-order valence-electron chi connectivity index (χ1n) is 7.82. The van der Waals surface area contributed by atoms with Crippen LogP contribution in [0, 0.1) is 6.92 Å². The Labute approximate surface area is 168 Å². The Kier molecular flexibility index (Phi) is 5.48. The summed E-state index contributed by atoms with van der Waals surface area (Å²) >= 11 is 6.86. The quantitative estimate of drug-likeness (QED) is 0.514. The van der Waals surface area contributed by atoms with E-state index in [9.17, 15) is 9.59 Å². The maximum Gasteiger partial charge on any atom is 0.329 e. The van der Waals surface area contributed by atoms with Crippen molar-refractivity contribution in [2.75, 3.05) is 7.11 Å². The predicted octanol–water partition coefficient (Wildman–Crippen LogP) is 4.62. The molecule has 0 radical (unpaired) electrons. The summed E-state index contributed by atoms with van der Waals surface area (Å²) in [6, 6.07) is 11.0. The minimum absolute atomic E-state index is 0.236. The van der Waals surface area contributed by atoms with Crippen LogP contribution < -0.4 is 10.1 Å². The number of nitrogens with one attached hydrogen (secondary N) is 1. The molecule has 1 heterocycles. The summed E-state index contributed by atoms with van der Waals surface area (Å²) in [5.74, 6) is 0.314. The van der Waals surface area contributed by atoms with E-state index < -0.39 is 6.03 Å². The molecule has 0 spiro atoms. The highest BCUT2D eigenvalue weighted by atomic mass is 79.9. The fraction of sp³-hybridized carbons (Fsp3) is 0.158. The van der Waals surface area contributed by atoms with Crippen LogP contribution in [-0.2, 0) is 11.3 Å². The number of amides is 3. The Balaban J connectivity index is 1.85. The molecule has 1 N–H and O–H groups in total. The molecule has 1 aliphatic rings. The van der Waals surface area contributed by atoms with Gasteiger partial charge in [-0.15, -0.1) is 0 Å². The van der Waals surface area contributed by atoms with Gasteiger partial charge in [0.15, 0.2) is 0 Å². The molecule has 2 aromatic carbocycles. The summed E-state index contributed by atoms with van der Waals surface area (Å²) in [5.41, 5.74) is 2.99. The maximum atomic E-state index is 12.6. The van der Waals surface area contributed by atoms with Crippen LogP contribution >= 0.6 is 31.9 Å². The van der Waals surface area contributed by atoms with Gasteiger partial charge in [-0.2, -0.15) is 0 Å². The monoisotopic (exact) mass is 478 g/mol. The first-order chi connectivity index (χ1) is 12.4. The lowest BCUT2D eigenvalue weighted by Gasteiger charge is -2.12. The zero-order chi connectivity index (χ0) is 18.8. The highest BCUT2D eigenvalue weighted by Gasteiger charge is 2.33. The van der Waals surface area contributed by atoms with Crippen LogP contribution in [0.5, 0.6) is 5.75 Å². The molecule has 7 heteroatoms. The number of carbonyl (C=O) groups is 2. The number of benzene rings is 2. The summed E-state index contributed by atoms with van der Waals surface area (Å²) < 4.78 is 6.76. The third-order valence-electron chi connectivity index (χ3n) is 3.92. The van der Waals surface area contributed by atoms with Crippen molar-refractivity contribution >= 4 is 49.9 Å². The van der Waals surface area contributed by atoms with Crippen molar-refractivity contribution < 1.29 is 14.3 Å². The zero-order valence-electron chi connectivity index (χ0n) is 14.2. The normalized spacial score (nSPS) is 15.5. The second-order valence-electron chi connectivity index (χ2n) is 5.89.